The van der Waals surface area contributed by atoms with Crippen molar-refractivity contribution < 1.29 is 19.4 Å². The molecule has 0 unspecified atom stereocenters. The Kier molecular flexibility index (Phi) is 4.81. The summed E-state index contributed by atoms with van der Waals surface area (Å²) in [5, 5.41) is 14.0. The maximum atomic E-state index is 11.6. The monoisotopic (exact) mass is 278 g/mol. The first-order valence-corrected chi connectivity index (χ1v) is 6.63. The Hall–Kier alpha value is -2.24. The van der Waals surface area contributed by atoms with Crippen molar-refractivity contribution in [2.45, 2.75) is 19.3 Å². The average molecular weight is 278 g/mol. The van der Waals surface area contributed by atoms with E-state index in [2.05, 4.69) is 10.6 Å². The number of carboxylic acid groups (broad SMARTS) is 1. The lowest BCUT2D eigenvalue weighted by Gasteiger charge is -2.08. The third kappa shape index (κ3) is 5.17. The number of ether oxygens (including phenoxy) is 1. The van der Waals surface area contributed by atoms with Gasteiger partial charge < -0.3 is 20.5 Å². The number of nitrogens with one attached hydrogen (secondary N) is 2. The molecule has 0 bridgehead atoms. The molecule has 1 aliphatic rings. The second-order valence-corrected chi connectivity index (χ2v) is 4.82. The van der Waals surface area contributed by atoms with E-state index in [1.165, 1.54) is 12.8 Å². The van der Waals surface area contributed by atoms with Gasteiger partial charge in [-0.05, 0) is 36.6 Å². The highest BCUT2D eigenvalue weighted by Crippen LogP contribution is 2.31. The standard InChI is InChI=1S/C14H18N2O4/c17-13(18)9-20-12-5-3-11(4-6-12)16-14(19)15-8-7-10-1-2-10/h3-6,10H,1-2,7-9H2,(H,17,18)(H2,15,16,19). The molecule has 6 nitrogen and oxygen atoms in total. The fourth-order valence-electron chi connectivity index (χ4n) is 1.75. The molecule has 2 amide bonds. The summed E-state index contributed by atoms with van der Waals surface area (Å²) in [6.07, 6.45) is 3.59. The second kappa shape index (κ2) is 6.79. The van der Waals surface area contributed by atoms with Crippen LogP contribution in [0.3, 0.4) is 0 Å². The summed E-state index contributed by atoms with van der Waals surface area (Å²) in [6, 6.07) is 6.32. The van der Waals surface area contributed by atoms with E-state index < -0.39 is 5.97 Å². The number of carbonyl (C=O) groups is 2. The summed E-state index contributed by atoms with van der Waals surface area (Å²) >= 11 is 0. The summed E-state index contributed by atoms with van der Waals surface area (Å²) < 4.78 is 5.00. The molecule has 0 radical (unpaired) electrons. The van der Waals surface area contributed by atoms with E-state index in [0.29, 0.717) is 18.0 Å². The normalized spacial score (nSPS) is 13.6. The van der Waals surface area contributed by atoms with Gasteiger partial charge in [0.15, 0.2) is 6.61 Å². The molecule has 3 N–H and O–H groups in total. The summed E-state index contributed by atoms with van der Waals surface area (Å²) in [5.41, 5.74) is 0.636. The number of carboxylic acids is 1. The van der Waals surface area contributed by atoms with Gasteiger partial charge in [-0.2, -0.15) is 0 Å². The topological polar surface area (TPSA) is 87.7 Å². The SMILES string of the molecule is O=C(O)COc1ccc(NC(=O)NCCC2CC2)cc1. The van der Waals surface area contributed by atoms with Gasteiger partial charge >= 0.3 is 12.0 Å². The van der Waals surface area contributed by atoms with Crippen LogP contribution < -0.4 is 15.4 Å². The lowest BCUT2D eigenvalue weighted by atomic mass is 10.3. The maximum Gasteiger partial charge on any atom is 0.341 e. The third-order valence-corrected chi connectivity index (χ3v) is 3.01. The quantitative estimate of drug-likeness (QED) is 0.712. The van der Waals surface area contributed by atoms with Gasteiger partial charge in [0, 0.05) is 12.2 Å². The molecule has 2 rings (SSSR count). The van der Waals surface area contributed by atoms with Gasteiger partial charge in [0.05, 0.1) is 0 Å². The van der Waals surface area contributed by atoms with E-state index in [9.17, 15) is 9.59 Å². The molecule has 1 aliphatic carbocycles. The van der Waals surface area contributed by atoms with Gasteiger partial charge in [-0.3, -0.25) is 0 Å². The minimum absolute atomic E-state index is 0.232. The van der Waals surface area contributed by atoms with Crippen LogP contribution in [-0.4, -0.2) is 30.3 Å². The molecule has 0 saturated heterocycles. The molecular weight excluding hydrogens is 260 g/mol. The lowest BCUT2D eigenvalue weighted by Crippen LogP contribution is -2.29. The van der Waals surface area contributed by atoms with Crippen molar-refractivity contribution in [2.75, 3.05) is 18.5 Å². The summed E-state index contributed by atoms with van der Waals surface area (Å²) in [4.78, 5) is 21.9. The van der Waals surface area contributed by atoms with Crippen LogP contribution in [0.1, 0.15) is 19.3 Å². The number of anilines is 1. The molecule has 1 saturated carbocycles. The highest BCUT2D eigenvalue weighted by atomic mass is 16.5. The zero-order valence-corrected chi connectivity index (χ0v) is 11.1. The second-order valence-electron chi connectivity index (χ2n) is 4.82. The Morgan fingerprint density at radius 1 is 1.25 bits per heavy atom. The molecule has 6 heteroatoms. The predicted molar refractivity (Wildman–Crippen MR) is 73.9 cm³/mol. The third-order valence-electron chi connectivity index (χ3n) is 3.01. The number of rotatable bonds is 7. The van der Waals surface area contributed by atoms with Crippen molar-refractivity contribution in [3.05, 3.63) is 24.3 Å². The van der Waals surface area contributed by atoms with Crippen LogP contribution in [0.15, 0.2) is 24.3 Å². The van der Waals surface area contributed by atoms with Crippen molar-refractivity contribution >= 4 is 17.7 Å². The Labute approximate surface area is 117 Å². The van der Waals surface area contributed by atoms with Crippen LogP contribution in [0.25, 0.3) is 0 Å². The molecular formula is C14H18N2O4. The van der Waals surface area contributed by atoms with Gasteiger partial charge in [-0.1, -0.05) is 12.8 Å². The lowest BCUT2D eigenvalue weighted by molar-refractivity contribution is -0.139. The smallest absolute Gasteiger partial charge is 0.341 e. The summed E-state index contributed by atoms with van der Waals surface area (Å²) in [6.45, 7) is 0.310. The Bertz CT molecular complexity index is 469. The predicted octanol–water partition coefficient (Wildman–Crippen LogP) is 2.07. The molecule has 0 aromatic heterocycles. The number of urea groups is 1. The van der Waals surface area contributed by atoms with Crippen molar-refractivity contribution in [1.29, 1.82) is 0 Å². The van der Waals surface area contributed by atoms with E-state index in [1.54, 1.807) is 24.3 Å². The minimum Gasteiger partial charge on any atom is -0.482 e. The van der Waals surface area contributed by atoms with Crippen molar-refractivity contribution in [2.24, 2.45) is 5.92 Å². The van der Waals surface area contributed by atoms with E-state index in [0.717, 1.165) is 12.3 Å². The zero-order valence-electron chi connectivity index (χ0n) is 11.1. The highest BCUT2D eigenvalue weighted by Gasteiger charge is 2.20. The van der Waals surface area contributed by atoms with E-state index >= 15 is 0 Å². The molecule has 1 aromatic rings. The highest BCUT2D eigenvalue weighted by molar-refractivity contribution is 5.89. The molecule has 0 atom stereocenters. The van der Waals surface area contributed by atoms with Gasteiger partial charge in [0.1, 0.15) is 5.75 Å². The van der Waals surface area contributed by atoms with Gasteiger partial charge in [-0.15, -0.1) is 0 Å². The Morgan fingerprint density at radius 2 is 1.95 bits per heavy atom. The first-order valence-electron chi connectivity index (χ1n) is 6.63. The Morgan fingerprint density at radius 3 is 2.55 bits per heavy atom. The van der Waals surface area contributed by atoms with Crippen LogP contribution in [0.4, 0.5) is 10.5 Å². The molecule has 1 aromatic carbocycles. The molecule has 0 spiro atoms. The van der Waals surface area contributed by atoms with E-state index in [4.69, 9.17) is 9.84 Å². The number of benzene rings is 1. The number of amides is 2. The largest absolute Gasteiger partial charge is 0.482 e. The molecule has 1 fully saturated rings. The first kappa shape index (κ1) is 14.2. The summed E-state index contributed by atoms with van der Waals surface area (Å²) in [5.74, 6) is 0.218. The Balaban J connectivity index is 1.71. The minimum atomic E-state index is -1.03. The van der Waals surface area contributed by atoms with Gasteiger partial charge in [0.2, 0.25) is 0 Å². The van der Waals surface area contributed by atoms with Crippen LogP contribution in [0.5, 0.6) is 5.75 Å². The van der Waals surface area contributed by atoms with Crippen molar-refractivity contribution in [3.63, 3.8) is 0 Å². The van der Waals surface area contributed by atoms with Crippen molar-refractivity contribution in [1.82, 2.24) is 5.32 Å². The van der Waals surface area contributed by atoms with Crippen LogP contribution in [-0.2, 0) is 4.79 Å². The van der Waals surface area contributed by atoms with Gasteiger partial charge in [-0.25, -0.2) is 9.59 Å². The number of hydrogen-bond donors (Lipinski definition) is 3. The zero-order chi connectivity index (χ0) is 14.4. The molecule has 0 aliphatic heterocycles. The van der Waals surface area contributed by atoms with Crippen molar-refractivity contribution in [3.8, 4) is 5.75 Å². The average Bonchev–Trinajstić information content (AvgIpc) is 3.22. The number of carbonyl (C=O) groups excluding carboxylic acids is 1. The van der Waals surface area contributed by atoms with E-state index in [1.807, 2.05) is 0 Å². The van der Waals surface area contributed by atoms with Gasteiger partial charge in [0.25, 0.3) is 0 Å². The number of hydrogen-bond acceptors (Lipinski definition) is 3. The number of aliphatic carboxylic acids is 1. The first-order chi connectivity index (χ1) is 9.63. The molecule has 20 heavy (non-hydrogen) atoms. The van der Waals surface area contributed by atoms with Crippen LogP contribution in [0.2, 0.25) is 0 Å². The van der Waals surface area contributed by atoms with E-state index in [-0.39, 0.29) is 12.6 Å². The fraction of sp³-hybridized carbons (Fsp3) is 0.429. The summed E-state index contributed by atoms with van der Waals surface area (Å²) in [7, 11) is 0. The van der Waals surface area contributed by atoms with Crippen LogP contribution >= 0.6 is 0 Å². The van der Waals surface area contributed by atoms with Crippen LogP contribution in [0, 0.1) is 5.92 Å². The molecule has 108 valence electrons. The fourth-order valence-corrected chi connectivity index (χ4v) is 1.75. The molecule has 0 heterocycles. The maximum absolute atomic E-state index is 11.6.